The van der Waals surface area contributed by atoms with Crippen molar-refractivity contribution in [3.05, 3.63) is 46.6 Å². The van der Waals surface area contributed by atoms with Gasteiger partial charge in [0, 0.05) is 10.9 Å². The Morgan fingerprint density at radius 3 is 2.70 bits per heavy atom. The summed E-state index contributed by atoms with van der Waals surface area (Å²) in [6.07, 6.45) is 4.97. The molecule has 8 heteroatoms. The van der Waals surface area contributed by atoms with Gasteiger partial charge in [-0.3, -0.25) is 0 Å². The molecule has 2 aromatic heterocycles. The van der Waals surface area contributed by atoms with Gasteiger partial charge in [0.15, 0.2) is 0 Å². The average molecular weight is 403 g/mol. The van der Waals surface area contributed by atoms with E-state index in [0.717, 1.165) is 34.4 Å². The Morgan fingerprint density at radius 1 is 1.26 bits per heavy atom. The minimum absolute atomic E-state index is 0.0318. The lowest BCUT2D eigenvalue weighted by atomic mass is 9.89. The van der Waals surface area contributed by atoms with Gasteiger partial charge in [-0.25, -0.2) is 23.5 Å². The molecular formula is C19H22N4O2S2. The summed E-state index contributed by atoms with van der Waals surface area (Å²) in [5.74, 6) is 1.56. The third kappa shape index (κ3) is 3.56. The second-order valence-corrected chi connectivity index (χ2v) is 9.88. The number of nitrogens with one attached hydrogen (secondary N) is 1. The Kier molecular flexibility index (Phi) is 4.65. The van der Waals surface area contributed by atoms with Crippen LogP contribution in [0.2, 0.25) is 0 Å². The zero-order valence-electron chi connectivity index (χ0n) is 15.3. The molecule has 1 aliphatic rings. The second kappa shape index (κ2) is 6.85. The van der Waals surface area contributed by atoms with Gasteiger partial charge in [0.25, 0.3) is 0 Å². The van der Waals surface area contributed by atoms with Crippen LogP contribution < -0.4 is 10.5 Å². The van der Waals surface area contributed by atoms with Crippen LogP contribution in [0.5, 0.6) is 0 Å². The minimum Gasteiger partial charge on any atom is -0.363 e. The molecule has 1 aliphatic carbocycles. The van der Waals surface area contributed by atoms with Gasteiger partial charge in [0.1, 0.15) is 17.0 Å². The fourth-order valence-corrected chi connectivity index (χ4v) is 5.48. The van der Waals surface area contributed by atoms with Gasteiger partial charge in [0.2, 0.25) is 10.0 Å². The summed E-state index contributed by atoms with van der Waals surface area (Å²) in [6.45, 7) is 4.33. The topological polar surface area (TPSA) is 98.0 Å². The van der Waals surface area contributed by atoms with Crippen LogP contribution in [0, 0.1) is 5.92 Å². The number of nitrogens with two attached hydrogens (primary N) is 1. The highest BCUT2D eigenvalue weighted by molar-refractivity contribution is 7.89. The first kappa shape index (κ1) is 18.3. The van der Waals surface area contributed by atoms with Crippen molar-refractivity contribution in [3.8, 4) is 0 Å². The van der Waals surface area contributed by atoms with E-state index < -0.39 is 10.0 Å². The van der Waals surface area contributed by atoms with Crippen molar-refractivity contribution in [1.82, 2.24) is 9.97 Å². The van der Waals surface area contributed by atoms with E-state index in [1.807, 2.05) is 6.92 Å². The van der Waals surface area contributed by atoms with Crippen molar-refractivity contribution in [2.75, 3.05) is 5.32 Å². The van der Waals surface area contributed by atoms with Crippen LogP contribution in [0.15, 0.2) is 35.5 Å². The van der Waals surface area contributed by atoms with Gasteiger partial charge in [-0.2, -0.15) is 0 Å². The van der Waals surface area contributed by atoms with E-state index >= 15 is 0 Å². The van der Waals surface area contributed by atoms with Crippen LogP contribution in [-0.4, -0.2) is 18.4 Å². The third-order valence-corrected chi connectivity index (χ3v) is 7.25. The van der Waals surface area contributed by atoms with E-state index in [0.29, 0.717) is 5.92 Å². The van der Waals surface area contributed by atoms with Crippen LogP contribution in [-0.2, 0) is 22.9 Å². The fraction of sp³-hybridized carbons (Fsp3) is 0.368. The number of thiophene rings is 1. The summed E-state index contributed by atoms with van der Waals surface area (Å²) in [4.78, 5) is 11.5. The van der Waals surface area contributed by atoms with E-state index in [9.17, 15) is 8.42 Å². The molecule has 0 saturated heterocycles. The summed E-state index contributed by atoms with van der Waals surface area (Å²) in [5, 5.41) is 9.79. The number of aromatic nitrogens is 2. The average Bonchev–Trinajstić information content (AvgIpc) is 2.99. The maximum atomic E-state index is 11.4. The molecule has 0 spiro atoms. The molecule has 0 bridgehead atoms. The van der Waals surface area contributed by atoms with Gasteiger partial charge >= 0.3 is 0 Å². The van der Waals surface area contributed by atoms with Crippen molar-refractivity contribution in [1.29, 1.82) is 0 Å². The van der Waals surface area contributed by atoms with E-state index in [2.05, 4.69) is 22.2 Å². The Balaban J connectivity index is 1.65. The van der Waals surface area contributed by atoms with Gasteiger partial charge in [-0.15, -0.1) is 11.3 Å². The highest BCUT2D eigenvalue weighted by Crippen LogP contribution is 2.40. The summed E-state index contributed by atoms with van der Waals surface area (Å²) < 4.78 is 22.9. The Hall–Kier alpha value is -2.03. The number of anilines is 1. The number of hydrogen-bond acceptors (Lipinski definition) is 6. The van der Waals surface area contributed by atoms with Gasteiger partial charge in [-0.1, -0.05) is 19.1 Å². The van der Waals surface area contributed by atoms with Crippen LogP contribution in [0.1, 0.15) is 42.3 Å². The van der Waals surface area contributed by atoms with Crippen molar-refractivity contribution < 1.29 is 8.42 Å². The molecule has 27 heavy (non-hydrogen) atoms. The molecule has 142 valence electrons. The molecule has 2 heterocycles. The summed E-state index contributed by atoms with van der Waals surface area (Å²) >= 11 is 1.77. The number of primary sulfonamides is 1. The highest BCUT2D eigenvalue weighted by Gasteiger charge is 2.23. The van der Waals surface area contributed by atoms with Crippen molar-refractivity contribution in [2.45, 2.75) is 44.0 Å². The fourth-order valence-electron chi connectivity index (χ4n) is 3.62. The predicted octanol–water partition coefficient (Wildman–Crippen LogP) is 3.64. The summed E-state index contributed by atoms with van der Waals surface area (Å²) in [6, 6.07) is 6.59. The van der Waals surface area contributed by atoms with Crippen LogP contribution in [0.25, 0.3) is 10.2 Å². The molecule has 1 aromatic carbocycles. The molecule has 0 saturated carbocycles. The normalized spacial score (nSPS) is 18.3. The third-order valence-electron chi connectivity index (χ3n) is 5.15. The van der Waals surface area contributed by atoms with Gasteiger partial charge in [-0.05, 0) is 55.4 Å². The number of hydrogen-bond donors (Lipinski definition) is 2. The molecule has 0 fully saturated rings. The van der Waals surface area contributed by atoms with E-state index in [1.165, 1.54) is 29.0 Å². The molecular weight excluding hydrogens is 380 g/mol. The SMILES string of the molecule is C[C@@H]1CCc2c(sc3ncnc(N[C@@H](C)c4ccc(S(N)(=O)=O)cc4)c23)C1. The lowest BCUT2D eigenvalue weighted by molar-refractivity contribution is 0.509. The minimum atomic E-state index is -3.68. The molecule has 3 aromatic rings. The summed E-state index contributed by atoms with van der Waals surface area (Å²) in [5.41, 5.74) is 2.35. The lowest BCUT2D eigenvalue weighted by Crippen LogP contribution is -2.13. The number of rotatable bonds is 4. The standard InChI is InChI=1S/C19H22N4O2S2/c1-11-3-8-15-16(9-11)26-19-17(15)18(21-10-22-19)23-12(2)13-4-6-14(7-5-13)27(20,24)25/h4-7,10-12H,3,8-9H2,1-2H3,(H2,20,24,25)(H,21,22,23)/t11-,12+/m1/s1. The molecule has 0 aliphatic heterocycles. The van der Waals surface area contributed by atoms with Gasteiger partial charge in [0.05, 0.1) is 10.3 Å². The number of sulfonamides is 1. The molecule has 4 rings (SSSR count). The number of fused-ring (bicyclic) bond motifs is 3. The maximum absolute atomic E-state index is 11.4. The first-order chi connectivity index (χ1) is 12.8. The first-order valence-electron chi connectivity index (χ1n) is 8.97. The number of benzene rings is 1. The highest BCUT2D eigenvalue weighted by atomic mass is 32.2. The van der Waals surface area contributed by atoms with Gasteiger partial charge < -0.3 is 5.32 Å². The smallest absolute Gasteiger partial charge is 0.238 e. The van der Waals surface area contributed by atoms with Crippen LogP contribution in [0.4, 0.5) is 5.82 Å². The maximum Gasteiger partial charge on any atom is 0.238 e. The summed E-state index contributed by atoms with van der Waals surface area (Å²) in [7, 11) is -3.68. The van der Waals surface area contributed by atoms with Crippen molar-refractivity contribution >= 4 is 37.4 Å². The zero-order chi connectivity index (χ0) is 19.2. The molecule has 0 radical (unpaired) electrons. The first-order valence-corrected chi connectivity index (χ1v) is 11.3. The monoisotopic (exact) mass is 402 g/mol. The second-order valence-electron chi connectivity index (χ2n) is 7.23. The molecule has 0 amide bonds. The van der Waals surface area contributed by atoms with E-state index in [-0.39, 0.29) is 10.9 Å². The molecule has 0 unspecified atom stereocenters. The molecule has 3 N–H and O–H groups in total. The molecule has 2 atom stereocenters. The van der Waals surface area contributed by atoms with E-state index in [1.54, 1.807) is 29.8 Å². The predicted molar refractivity (Wildman–Crippen MR) is 108 cm³/mol. The van der Waals surface area contributed by atoms with Crippen LogP contribution in [0.3, 0.4) is 0 Å². The van der Waals surface area contributed by atoms with Crippen molar-refractivity contribution in [2.24, 2.45) is 11.1 Å². The Labute approximate surface area is 162 Å². The van der Waals surface area contributed by atoms with E-state index in [4.69, 9.17) is 5.14 Å². The number of aryl methyl sites for hydroxylation is 1. The molecule has 6 nitrogen and oxygen atoms in total. The van der Waals surface area contributed by atoms with Crippen LogP contribution >= 0.6 is 11.3 Å². The Bertz CT molecular complexity index is 1090. The Morgan fingerprint density at radius 2 is 2.00 bits per heavy atom. The van der Waals surface area contributed by atoms with Crippen molar-refractivity contribution in [3.63, 3.8) is 0 Å². The number of nitrogens with zero attached hydrogens (tertiary/aromatic N) is 2. The largest absolute Gasteiger partial charge is 0.363 e. The zero-order valence-corrected chi connectivity index (χ0v) is 16.9. The lowest BCUT2D eigenvalue weighted by Gasteiger charge is -2.19. The quantitative estimate of drug-likeness (QED) is 0.694.